The minimum atomic E-state index is -0.693. The zero-order valence-electron chi connectivity index (χ0n) is 11.0. The van der Waals surface area contributed by atoms with E-state index in [9.17, 15) is 4.79 Å². The minimum absolute atomic E-state index is 0.282. The van der Waals surface area contributed by atoms with Crippen molar-refractivity contribution in [3.8, 4) is 0 Å². The standard InChI is InChI=1S/C7H18N2O.C5H10O2/c8-4-1-2-5-9-6-3-7-10;1-2-3-4-5(6)7/h9-10H,1-8H2;2-4H2,1H3,(H,6,7). The van der Waals surface area contributed by atoms with Crippen LogP contribution in [0.2, 0.25) is 0 Å². The van der Waals surface area contributed by atoms with Crippen LogP contribution < -0.4 is 11.1 Å². The normalized spacial score (nSPS) is 9.59. The van der Waals surface area contributed by atoms with Crippen LogP contribution in [0.5, 0.6) is 0 Å². The van der Waals surface area contributed by atoms with Crippen molar-refractivity contribution in [1.29, 1.82) is 0 Å². The summed E-state index contributed by atoms with van der Waals surface area (Å²) in [7, 11) is 0. The first kappa shape index (κ1) is 18.7. The van der Waals surface area contributed by atoms with E-state index in [1.165, 1.54) is 0 Å². The Morgan fingerprint density at radius 3 is 2.24 bits per heavy atom. The maximum absolute atomic E-state index is 9.76. The zero-order valence-corrected chi connectivity index (χ0v) is 11.0. The number of aliphatic hydroxyl groups excluding tert-OH is 1. The molecule has 0 saturated heterocycles. The van der Waals surface area contributed by atoms with E-state index >= 15 is 0 Å². The molecule has 0 unspecified atom stereocenters. The van der Waals surface area contributed by atoms with E-state index in [2.05, 4.69) is 5.32 Å². The van der Waals surface area contributed by atoms with Gasteiger partial charge in [-0.1, -0.05) is 13.3 Å². The van der Waals surface area contributed by atoms with Crippen LogP contribution in [0.15, 0.2) is 0 Å². The van der Waals surface area contributed by atoms with E-state index in [-0.39, 0.29) is 6.61 Å². The van der Waals surface area contributed by atoms with E-state index in [0.29, 0.717) is 6.42 Å². The van der Waals surface area contributed by atoms with E-state index in [0.717, 1.165) is 51.7 Å². The summed E-state index contributed by atoms with van der Waals surface area (Å²) < 4.78 is 0. The third kappa shape index (κ3) is 25.5. The van der Waals surface area contributed by atoms with Gasteiger partial charge in [0.05, 0.1) is 0 Å². The van der Waals surface area contributed by atoms with Gasteiger partial charge in [0.2, 0.25) is 0 Å². The number of nitrogens with one attached hydrogen (secondary N) is 1. The Labute approximate surface area is 104 Å². The highest BCUT2D eigenvalue weighted by Crippen LogP contribution is 1.91. The number of unbranched alkanes of at least 4 members (excludes halogenated alkanes) is 2. The molecule has 0 aliphatic rings. The molecule has 0 aliphatic heterocycles. The third-order valence-electron chi connectivity index (χ3n) is 2.06. The van der Waals surface area contributed by atoms with Crippen LogP contribution in [0.1, 0.15) is 45.4 Å². The fourth-order valence-electron chi connectivity index (χ4n) is 1.05. The molecule has 0 aliphatic carbocycles. The molecule has 0 atom stereocenters. The molecule has 0 spiro atoms. The first-order valence-corrected chi connectivity index (χ1v) is 6.42. The zero-order chi connectivity index (χ0) is 13.4. The molecule has 17 heavy (non-hydrogen) atoms. The monoisotopic (exact) mass is 248 g/mol. The number of carboxylic acids is 1. The maximum Gasteiger partial charge on any atom is 0.303 e. The van der Waals surface area contributed by atoms with Gasteiger partial charge < -0.3 is 21.3 Å². The molecule has 0 bridgehead atoms. The lowest BCUT2D eigenvalue weighted by Gasteiger charge is -2.00. The first-order chi connectivity index (χ1) is 8.18. The van der Waals surface area contributed by atoms with Gasteiger partial charge in [-0.15, -0.1) is 0 Å². The van der Waals surface area contributed by atoms with Crippen molar-refractivity contribution in [2.24, 2.45) is 5.73 Å². The lowest BCUT2D eigenvalue weighted by atomic mass is 10.3. The van der Waals surface area contributed by atoms with Gasteiger partial charge in [-0.05, 0) is 45.3 Å². The Kier molecular flexibility index (Phi) is 19.5. The van der Waals surface area contributed by atoms with Gasteiger partial charge in [-0.3, -0.25) is 4.79 Å². The van der Waals surface area contributed by atoms with Crippen molar-refractivity contribution in [2.75, 3.05) is 26.2 Å². The lowest BCUT2D eigenvalue weighted by molar-refractivity contribution is -0.137. The van der Waals surface area contributed by atoms with E-state index in [1.54, 1.807) is 0 Å². The van der Waals surface area contributed by atoms with Crippen LogP contribution in [0.4, 0.5) is 0 Å². The quantitative estimate of drug-likeness (QED) is 0.432. The lowest BCUT2D eigenvalue weighted by Crippen LogP contribution is -2.18. The van der Waals surface area contributed by atoms with Gasteiger partial charge >= 0.3 is 5.97 Å². The van der Waals surface area contributed by atoms with Gasteiger partial charge in [-0.25, -0.2) is 0 Å². The minimum Gasteiger partial charge on any atom is -0.481 e. The molecule has 5 N–H and O–H groups in total. The third-order valence-corrected chi connectivity index (χ3v) is 2.06. The molecule has 0 radical (unpaired) electrons. The second-order valence-corrected chi connectivity index (χ2v) is 3.82. The first-order valence-electron chi connectivity index (χ1n) is 6.42. The second-order valence-electron chi connectivity index (χ2n) is 3.82. The number of hydrogen-bond acceptors (Lipinski definition) is 4. The maximum atomic E-state index is 9.76. The van der Waals surface area contributed by atoms with Crippen LogP contribution in [0.3, 0.4) is 0 Å². The van der Waals surface area contributed by atoms with Crippen LogP contribution in [0.25, 0.3) is 0 Å². The molecule has 104 valence electrons. The predicted molar refractivity (Wildman–Crippen MR) is 70.0 cm³/mol. The average molecular weight is 248 g/mol. The number of carboxylic acid groups (broad SMARTS) is 1. The number of nitrogens with two attached hydrogens (primary N) is 1. The predicted octanol–water partition coefficient (Wildman–Crippen LogP) is 0.959. The molecule has 5 nitrogen and oxygen atoms in total. The molecular weight excluding hydrogens is 220 g/mol. The Bertz CT molecular complexity index is 147. The summed E-state index contributed by atoms with van der Waals surface area (Å²) in [5.41, 5.74) is 5.30. The number of carbonyl (C=O) groups is 1. The Hall–Kier alpha value is -0.650. The molecule has 5 heteroatoms. The van der Waals surface area contributed by atoms with Crippen molar-refractivity contribution in [3.63, 3.8) is 0 Å². The number of aliphatic carboxylic acids is 1. The molecule has 0 heterocycles. The van der Waals surface area contributed by atoms with Gasteiger partial charge in [0.1, 0.15) is 0 Å². The second kappa shape index (κ2) is 17.7. The SMILES string of the molecule is CCCCC(=O)O.NCCCCNCCCO. The van der Waals surface area contributed by atoms with Gasteiger partial charge in [0.15, 0.2) is 0 Å². The van der Waals surface area contributed by atoms with E-state index < -0.39 is 5.97 Å². The largest absolute Gasteiger partial charge is 0.481 e. The topological polar surface area (TPSA) is 95.6 Å². The highest BCUT2D eigenvalue weighted by Gasteiger charge is 1.90. The highest BCUT2D eigenvalue weighted by molar-refractivity contribution is 5.66. The summed E-state index contributed by atoms with van der Waals surface area (Å²) in [6.07, 6.45) is 5.16. The Morgan fingerprint density at radius 2 is 1.82 bits per heavy atom. The summed E-state index contributed by atoms with van der Waals surface area (Å²) in [5.74, 6) is -0.693. The Balaban J connectivity index is 0. The number of hydrogen-bond donors (Lipinski definition) is 4. The summed E-state index contributed by atoms with van der Waals surface area (Å²) >= 11 is 0. The van der Waals surface area contributed by atoms with Crippen molar-refractivity contribution in [3.05, 3.63) is 0 Å². The summed E-state index contributed by atoms with van der Waals surface area (Å²) in [6.45, 7) is 4.98. The summed E-state index contributed by atoms with van der Waals surface area (Å²) in [6, 6.07) is 0. The van der Waals surface area contributed by atoms with Gasteiger partial charge in [0, 0.05) is 13.0 Å². The molecule has 0 amide bonds. The van der Waals surface area contributed by atoms with Crippen molar-refractivity contribution in [2.45, 2.75) is 45.4 Å². The van der Waals surface area contributed by atoms with Crippen LogP contribution in [0, 0.1) is 0 Å². The molecule has 0 rings (SSSR count). The fourth-order valence-corrected chi connectivity index (χ4v) is 1.05. The van der Waals surface area contributed by atoms with Crippen molar-refractivity contribution in [1.82, 2.24) is 5.32 Å². The van der Waals surface area contributed by atoms with Crippen LogP contribution in [-0.4, -0.2) is 42.4 Å². The van der Waals surface area contributed by atoms with Gasteiger partial charge in [-0.2, -0.15) is 0 Å². The Morgan fingerprint density at radius 1 is 1.18 bits per heavy atom. The smallest absolute Gasteiger partial charge is 0.303 e. The fraction of sp³-hybridized carbons (Fsp3) is 0.917. The molecule has 0 aromatic carbocycles. The molecule has 0 aromatic heterocycles. The number of rotatable bonds is 10. The van der Waals surface area contributed by atoms with E-state index in [1.807, 2.05) is 6.92 Å². The van der Waals surface area contributed by atoms with Crippen LogP contribution >= 0.6 is 0 Å². The average Bonchev–Trinajstić information content (AvgIpc) is 2.32. The van der Waals surface area contributed by atoms with Crippen LogP contribution in [-0.2, 0) is 4.79 Å². The van der Waals surface area contributed by atoms with Crippen molar-refractivity contribution < 1.29 is 15.0 Å². The highest BCUT2D eigenvalue weighted by atomic mass is 16.4. The molecule has 0 aromatic rings. The van der Waals surface area contributed by atoms with E-state index in [4.69, 9.17) is 15.9 Å². The molecule has 0 fully saturated rings. The molecule has 0 saturated carbocycles. The summed E-state index contributed by atoms with van der Waals surface area (Å²) in [4.78, 5) is 9.76. The van der Waals surface area contributed by atoms with Crippen molar-refractivity contribution >= 4 is 5.97 Å². The van der Waals surface area contributed by atoms with Gasteiger partial charge in [0.25, 0.3) is 0 Å². The molecular formula is C12H28N2O3. The summed E-state index contributed by atoms with van der Waals surface area (Å²) in [5, 5.41) is 19.7. The number of aliphatic hydroxyl groups is 1.